The van der Waals surface area contributed by atoms with Gasteiger partial charge in [-0.15, -0.1) is 0 Å². The molecule has 2 heteroatoms. The standard InChI is InChI=1S/C16H19FO/c1-11-9-12(17)10-13-15(11)14(18)5-8-16(13)6-3-2-4-7-16/h9-10H,2-8H2,1H3. The molecule has 0 aromatic heterocycles. The third-order valence-corrected chi connectivity index (χ3v) is 4.79. The number of benzene rings is 1. The van der Waals surface area contributed by atoms with Gasteiger partial charge in [0.15, 0.2) is 5.78 Å². The summed E-state index contributed by atoms with van der Waals surface area (Å²) in [5.74, 6) is 0.0181. The fourth-order valence-corrected chi connectivity index (χ4v) is 3.89. The monoisotopic (exact) mass is 246 g/mol. The molecule has 2 aliphatic rings. The molecule has 1 aromatic rings. The Labute approximate surface area is 107 Å². The second-order valence-electron chi connectivity index (χ2n) is 5.91. The van der Waals surface area contributed by atoms with Crippen LogP contribution < -0.4 is 0 Å². The minimum Gasteiger partial charge on any atom is -0.294 e. The van der Waals surface area contributed by atoms with Crippen molar-refractivity contribution in [2.24, 2.45) is 0 Å². The molecule has 0 amide bonds. The highest BCUT2D eigenvalue weighted by Gasteiger charge is 2.40. The molecule has 1 fully saturated rings. The summed E-state index contributed by atoms with van der Waals surface area (Å²) >= 11 is 0. The summed E-state index contributed by atoms with van der Waals surface area (Å²) in [6.45, 7) is 1.86. The van der Waals surface area contributed by atoms with Crippen LogP contribution in [0.15, 0.2) is 12.1 Å². The molecule has 2 aliphatic carbocycles. The number of Topliss-reactive ketones (excluding diaryl/α,β-unsaturated/α-hetero) is 1. The van der Waals surface area contributed by atoms with E-state index in [0.29, 0.717) is 6.42 Å². The van der Waals surface area contributed by atoms with E-state index in [1.165, 1.54) is 25.3 Å². The lowest BCUT2D eigenvalue weighted by molar-refractivity contribution is 0.0937. The zero-order chi connectivity index (χ0) is 12.8. The molecule has 1 spiro atoms. The van der Waals surface area contributed by atoms with Crippen LogP contribution in [0.4, 0.5) is 4.39 Å². The first-order valence-corrected chi connectivity index (χ1v) is 6.96. The number of fused-ring (bicyclic) bond motifs is 2. The maximum absolute atomic E-state index is 13.7. The summed E-state index contributed by atoms with van der Waals surface area (Å²) in [5.41, 5.74) is 2.74. The van der Waals surface area contributed by atoms with Crippen LogP contribution >= 0.6 is 0 Å². The van der Waals surface area contributed by atoms with Crippen LogP contribution in [0.25, 0.3) is 0 Å². The minimum absolute atomic E-state index is 0.0916. The summed E-state index contributed by atoms with van der Waals surface area (Å²) < 4.78 is 13.7. The van der Waals surface area contributed by atoms with Crippen molar-refractivity contribution in [3.8, 4) is 0 Å². The molecule has 3 rings (SSSR count). The highest BCUT2D eigenvalue weighted by Crippen LogP contribution is 2.48. The van der Waals surface area contributed by atoms with Crippen molar-refractivity contribution in [2.45, 2.75) is 57.3 Å². The fourth-order valence-electron chi connectivity index (χ4n) is 3.89. The predicted molar refractivity (Wildman–Crippen MR) is 69.5 cm³/mol. The number of rotatable bonds is 0. The van der Waals surface area contributed by atoms with Gasteiger partial charge < -0.3 is 0 Å². The third-order valence-electron chi connectivity index (χ3n) is 4.79. The lowest BCUT2D eigenvalue weighted by Gasteiger charge is -2.42. The molecule has 96 valence electrons. The number of ketones is 1. The van der Waals surface area contributed by atoms with E-state index >= 15 is 0 Å². The van der Waals surface area contributed by atoms with Gasteiger partial charge in [0.1, 0.15) is 5.82 Å². The second-order valence-corrected chi connectivity index (χ2v) is 5.91. The van der Waals surface area contributed by atoms with Crippen molar-refractivity contribution < 1.29 is 9.18 Å². The van der Waals surface area contributed by atoms with Gasteiger partial charge in [0.05, 0.1) is 0 Å². The Morgan fingerprint density at radius 2 is 1.83 bits per heavy atom. The molecule has 0 N–H and O–H groups in total. The summed E-state index contributed by atoms with van der Waals surface area (Å²) in [4.78, 5) is 12.1. The zero-order valence-electron chi connectivity index (χ0n) is 10.9. The van der Waals surface area contributed by atoms with Gasteiger partial charge >= 0.3 is 0 Å². The van der Waals surface area contributed by atoms with E-state index in [1.54, 1.807) is 6.07 Å². The van der Waals surface area contributed by atoms with Crippen molar-refractivity contribution in [3.05, 3.63) is 34.6 Å². The van der Waals surface area contributed by atoms with E-state index < -0.39 is 0 Å². The molecular formula is C16H19FO. The normalized spacial score (nSPS) is 22.0. The Hall–Kier alpha value is -1.18. The molecule has 1 aromatic carbocycles. The maximum Gasteiger partial charge on any atom is 0.163 e. The summed E-state index contributed by atoms with van der Waals surface area (Å²) in [7, 11) is 0. The topological polar surface area (TPSA) is 17.1 Å². The highest BCUT2D eigenvalue weighted by atomic mass is 19.1. The van der Waals surface area contributed by atoms with Crippen LogP contribution in [0.1, 0.15) is 66.4 Å². The summed E-state index contributed by atoms with van der Waals surface area (Å²) in [5, 5.41) is 0. The van der Waals surface area contributed by atoms with Gasteiger partial charge in [-0.25, -0.2) is 4.39 Å². The molecule has 0 unspecified atom stereocenters. The van der Waals surface area contributed by atoms with Gasteiger partial charge in [0.2, 0.25) is 0 Å². The van der Waals surface area contributed by atoms with Gasteiger partial charge in [0, 0.05) is 12.0 Å². The Kier molecular flexibility index (Phi) is 2.76. The average Bonchev–Trinajstić information content (AvgIpc) is 2.35. The predicted octanol–water partition coefficient (Wildman–Crippen LogP) is 4.31. The second kappa shape index (κ2) is 4.18. The van der Waals surface area contributed by atoms with Gasteiger partial charge in [-0.1, -0.05) is 19.3 Å². The molecular weight excluding hydrogens is 227 g/mol. The first-order chi connectivity index (χ1) is 8.62. The van der Waals surface area contributed by atoms with Crippen molar-refractivity contribution in [1.82, 2.24) is 0 Å². The molecule has 0 atom stereocenters. The molecule has 0 heterocycles. The summed E-state index contributed by atoms with van der Waals surface area (Å²) in [6.07, 6.45) is 7.50. The van der Waals surface area contributed by atoms with Gasteiger partial charge in [0.25, 0.3) is 0 Å². The van der Waals surface area contributed by atoms with Crippen LogP contribution in [0, 0.1) is 12.7 Å². The minimum atomic E-state index is -0.189. The molecule has 0 aliphatic heterocycles. The van der Waals surface area contributed by atoms with Crippen LogP contribution in [0.2, 0.25) is 0 Å². The van der Waals surface area contributed by atoms with Crippen LogP contribution in [-0.4, -0.2) is 5.78 Å². The largest absolute Gasteiger partial charge is 0.294 e. The quantitative estimate of drug-likeness (QED) is 0.666. The third kappa shape index (κ3) is 1.70. The SMILES string of the molecule is Cc1cc(F)cc2c1C(=O)CCC21CCCCC1. The van der Waals surface area contributed by atoms with Crippen molar-refractivity contribution in [1.29, 1.82) is 0 Å². The maximum atomic E-state index is 13.7. The van der Waals surface area contributed by atoms with Gasteiger partial charge in [-0.3, -0.25) is 4.79 Å². The molecule has 18 heavy (non-hydrogen) atoms. The Morgan fingerprint density at radius 3 is 2.56 bits per heavy atom. The molecule has 1 saturated carbocycles. The van der Waals surface area contributed by atoms with Crippen LogP contribution in [0.5, 0.6) is 0 Å². The molecule has 0 radical (unpaired) electrons. The van der Waals surface area contributed by atoms with Crippen molar-refractivity contribution >= 4 is 5.78 Å². The van der Waals surface area contributed by atoms with E-state index in [2.05, 4.69) is 0 Å². The Morgan fingerprint density at radius 1 is 1.11 bits per heavy atom. The van der Waals surface area contributed by atoms with Gasteiger partial charge in [-0.05, 0) is 54.9 Å². The van der Waals surface area contributed by atoms with E-state index in [1.807, 2.05) is 6.92 Å². The van der Waals surface area contributed by atoms with Crippen LogP contribution in [-0.2, 0) is 5.41 Å². The lowest BCUT2D eigenvalue weighted by Crippen LogP contribution is -2.35. The Balaban J connectivity index is 2.18. The molecule has 0 bridgehead atoms. The first-order valence-electron chi connectivity index (χ1n) is 6.96. The number of aryl methyl sites for hydroxylation is 1. The van der Waals surface area contributed by atoms with Crippen LogP contribution in [0.3, 0.4) is 0 Å². The number of hydrogen-bond donors (Lipinski definition) is 0. The van der Waals surface area contributed by atoms with E-state index in [0.717, 1.165) is 36.0 Å². The molecule has 1 nitrogen and oxygen atoms in total. The summed E-state index contributed by atoms with van der Waals surface area (Å²) in [6, 6.07) is 3.13. The van der Waals surface area contributed by atoms with E-state index in [4.69, 9.17) is 0 Å². The average molecular weight is 246 g/mol. The number of carbonyl (C=O) groups excluding carboxylic acids is 1. The smallest absolute Gasteiger partial charge is 0.163 e. The highest BCUT2D eigenvalue weighted by molar-refractivity contribution is 6.00. The van der Waals surface area contributed by atoms with Gasteiger partial charge in [-0.2, -0.15) is 0 Å². The fraction of sp³-hybridized carbons (Fsp3) is 0.562. The first kappa shape index (κ1) is 11.9. The number of carbonyl (C=O) groups is 1. The van der Waals surface area contributed by atoms with Crippen molar-refractivity contribution in [2.75, 3.05) is 0 Å². The Bertz CT molecular complexity index is 498. The van der Waals surface area contributed by atoms with E-state index in [-0.39, 0.29) is 17.0 Å². The van der Waals surface area contributed by atoms with Crippen molar-refractivity contribution in [3.63, 3.8) is 0 Å². The number of halogens is 1. The number of hydrogen-bond acceptors (Lipinski definition) is 1. The van der Waals surface area contributed by atoms with E-state index in [9.17, 15) is 9.18 Å². The zero-order valence-corrected chi connectivity index (χ0v) is 10.9. The molecule has 0 saturated heterocycles. The lowest BCUT2D eigenvalue weighted by atomic mass is 9.62.